The monoisotopic (exact) mass is 277 g/mol. The molecule has 0 amide bonds. The number of thiophene rings is 1. The first-order valence-electron chi connectivity index (χ1n) is 5.18. The number of anilines is 1. The minimum absolute atomic E-state index is 0.319. The van der Waals surface area contributed by atoms with E-state index in [1.165, 1.54) is 12.1 Å². The molecule has 0 fully saturated rings. The van der Waals surface area contributed by atoms with Gasteiger partial charge >= 0.3 is 0 Å². The molecule has 19 heavy (non-hydrogen) atoms. The number of rotatable bonds is 2. The van der Waals surface area contributed by atoms with Gasteiger partial charge in [-0.2, -0.15) is 5.26 Å². The lowest BCUT2D eigenvalue weighted by Gasteiger charge is -2.01. The molecule has 2 N–H and O–H groups in total. The van der Waals surface area contributed by atoms with E-state index in [9.17, 15) is 14.5 Å². The number of non-ortho nitro benzene ring substituents is 1. The molecule has 5 nitrogen and oxygen atoms in total. The highest BCUT2D eigenvalue weighted by Gasteiger charge is 2.17. The summed E-state index contributed by atoms with van der Waals surface area (Å²) in [4.78, 5) is 10.9. The molecule has 0 spiro atoms. The molecule has 0 bridgehead atoms. The van der Waals surface area contributed by atoms with E-state index in [1.54, 1.807) is 6.92 Å². The zero-order chi connectivity index (χ0) is 14.2. The Morgan fingerprint density at radius 1 is 1.47 bits per heavy atom. The van der Waals surface area contributed by atoms with Gasteiger partial charge in [-0.1, -0.05) is 0 Å². The third-order valence-electron chi connectivity index (χ3n) is 2.65. The number of nitro groups is 1. The summed E-state index contributed by atoms with van der Waals surface area (Å²) >= 11 is 1.09. The third kappa shape index (κ3) is 2.26. The van der Waals surface area contributed by atoms with E-state index < -0.39 is 10.7 Å². The first-order valence-corrected chi connectivity index (χ1v) is 6.00. The molecule has 7 heteroatoms. The smallest absolute Gasteiger partial charge is 0.273 e. The summed E-state index contributed by atoms with van der Waals surface area (Å²) in [5.74, 6) is -0.700. The van der Waals surface area contributed by atoms with E-state index >= 15 is 0 Å². The number of nitrogen functional groups attached to an aromatic ring is 1. The van der Waals surface area contributed by atoms with Gasteiger partial charge in [-0.3, -0.25) is 10.1 Å². The van der Waals surface area contributed by atoms with Gasteiger partial charge < -0.3 is 5.73 Å². The highest BCUT2D eigenvalue weighted by atomic mass is 32.1. The number of hydrogen-bond acceptors (Lipinski definition) is 5. The average Bonchev–Trinajstić information content (AvgIpc) is 2.65. The molecular formula is C12H8FN3O2S. The maximum Gasteiger partial charge on any atom is 0.273 e. The average molecular weight is 277 g/mol. The molecule has 0 saturated heterocycles. The van der Waals surface area contributed by atoms with Crippen LogP contribution >= 0.6 is 11.3 Å². The van der Waals surface area contributed by atoms with Crippen LogP contribution in [0.2, 0.25) is 0 Å². The zero-order valence-electron chi connectivity index (χ0n) is 9.81. The van der Waals surface area contributed by atoms with Crippen LogP contribution in [0.25, 0.3) is 10.4 Å². The second-order valence-electron chi connectivity index (χ2n) is 3.87. The van der Waals surface area contributed by atoms with Crippen molar-refractivity contribution in [1.29, 1.82) is 5.26 Å². The Morgan fingerprint density at radius 2 is 2.16 bits per heavy atom. The first kappa shape index (κ1) is 13.0. The Bertz CT molecular complexity index is 718. The van der Waals surface area contributed by atoms with Crippen molar-refractivity contribution in [1.82, 2.24) is 0 Å². The topological polar surface area (TPSA) is 93.0 Å². The molecule has 0 aliphatic rings. The first-order chi connectivity index (χ1) is 8.93. The van der Waals surface area contributed by atoms with Crippen LogP contribution in [0.15, 0.2) is 18.2 Å². The van der Waals surface area contributed by atoms with Crippen LogP contribution < -0.4 is 5.73 Å². The van der Waals surface area contributed by atoms with E-state index in [2.05, 4.69) is 0 Å². The van der Waals surface area contributed by atoms with Crippen molar-refractivity contribution in [3.63, 3.8) is 0 Å². The van der Waals surface area contributed by atoms with Crippen molar-refractivity contribution in [3.05, 3.63) is 44.6 Å². The Kier molecular flexibility index (Phi) is 3.19. The molecule has 2 rings (SSSR count). The van der Waals surface area contributed by atoms with E-state index in [0.717, 1.165) is 17.4 Å². The van der Waals surface area contributed by atoms with E-state index in [1.807, 2.05) is 6.07 Å². The molecule has 0 aliphatic carbocycles. The third-order valence-corrected chi connectivity index (χ3v) is 3.91. The summed E-state index contributed by atoms with van der Waals surface area (Å²) in [7, 11) is 0. The SMILES string of the molecule is Cc1c(-c2cc(F)cc([N+](=O)[O-])c2)sc(C#N)c1N. The van der Waals surface area contributed by atoms with Crippen LogP contribution in [0.5, 0.6) is 0 Å². The largest absolute Gasteiger partial charge is 0.397 e. The van der Waals surface area contributed by atoms with Gasteiger partial charge in [0.2, 0.25) is 0 Å². The molecule has 1 heterocycles. The summed E-state index contributed by atoms with van der Waals surface area (Å²) in [5, 5.41) is 19.6. The van der Waals surface area contributed by atoms with E-state index in [0.29, 0.717) is 26.6 Å². The van der Waals surface area contributed by atoms with Gasteiger partial charge in [0, 0.05) is 16.5 Å². The molecule has 2 aromatic rings. The molecule has 0 atom stereocenters. The van der Waals surface area contributed by atoms with Gasteiger partial charge in [-0.05, 0) is 18.6 Å². The van der Waals surface area contributed by atoms with Crippen molar-refractivity contribution >= 4 is 22.7 Å². The Balaban J connectivity index is 2.66. The van der Waals surface area contributed by atoms with E-state index in [4.69, 9.17) is 11.0 Å². The van der Waals surface area contributed by atoms with Crippen molar-refractivity contribution in [2.75, 3.05) is 5.73 Å². The highest BCUT2D eigenvalue weighted by molar-refractivity contribution is 7.16. The number of nitriles is 1. The molecule has 1 aromatic carbocycles. The maximum absolute atomic E-state index is 13.4. The van der Waals surface area contributed by atoms with Crippen LogP contribution in [0.3, 0.4) is 0 Å². The highest BCUT2D eigenvalue weighted by Crippen LogP contribution is 2.38. The molecule has 0 saturated carbocycles. The Hall–Kier alpha value is -2.46. The number of nitrogens with zero attached hydrogens (tertiary/aromatic N) is 2. The lowest BCUT2D eigenvalue weighted by atomic mass is 10.1. The molecule has 96 valence electrons. The van der Waals surface area contributed by atoms with Gasteiger partial charge in [0.05, 0.1) is 16.7 Å². The molecule has 0 radical (unpaired) electrons. The van der Waals surface area contributed by atoms with Crippen LogP contribution in [-0.4, -0.2) is 4.92 Å². The van der Waals surface area contributed by atoms with Crippen LogP contribution in [0.4, 0.5) is 15.8 Å². The van der Waals surface area contributed by atoms with Crippen molar-refractivity contribution < 1.29 is 9.31 Å². The summed E-state index contributed by atoms with van der Waals surface area (Å²) in [5.41, 5.74) is 6.72. The lowest BCUT2D eigenvalue weighted by Crippen LogP contribution is -1.91. The van der Waals surface area contributed by atoms with Gasteiger partial charge in [0.1, 0.15) is 16.8 Å². The predicted octanol–water partition coefficient (Wildman–Crippen LogP) is 3.22. The fraction of sp³-hybridized carbons (Fsp3) is 0.0833. The fourth-order valence-corrected chi connectivity index (χ4v) is 2.71. The quantitative estimate of drug-likeness (QED) is 0.673. The van der Waals surface area contributed by atoms with Crippen LogP contribution in [0, 0.1) is 34.2 Å². The van der Waals surface area contributed by atoms with Crippen molar-refractivity contribution in [2.24, 2.45) is 0 Å². The minimum atomic E-state index is -0.700. The molecular weight excluding hydrogens is 269 g/mol. The Labute approximate surface area is 111 Å². The predicted molar refractivity (Wildman–Crippen MR) is 70.2 cm³/mol. The minimum Gasteiger partial charge on any atom is -0.397 e. The summed E-state index contributed by atoms with van der Waals surface area (Å²) < 4.78 is 13.4. The van der Waals surface area contributed by atoms with Gasteiger partial charge in [0.25, 0.3) is 5.69 Å². The molecule has 0 unspecified atom stereocenters. The van der Waals surface area contributed by atoms with Gasteiger partial charge in [0.15, 0.2) is 0 Å². The molecule has 1 aromatic heterocycles. The summed E-state index contributed by atoms with van der Waals surface area (Å²) in [6, 6.07) is 5.25. The second kappa shape index (κ2) is 4.66. The fourth-order valence-electron chi connectivity index (χ4n) is 1.70. The maximum atomic E-state index is 13.4. The van der Waals surface area contributed by atoms with Crippen LogP contribution in [-0.2, 0) is 0 Å². The lowest BCUT2D eigenvalue weighted by molar-refractivity contribution is -0.385. The summed E-state index contributed by atoms with van der Waals surface area (Å²) in [6.45, 7) is 1.69. The second-order valence-corrected chi connectivity index (χ2v) is 4.89. The number of nitro benzene ring substituents is 1. The zero-order valence-corrected chi connectivity index (χ0v) is 10.6. The van der Waals surface area contributed by atoms with Gasteiger partial charge in [-0.25, -0.2) is 4.39 Å². The summed E-state index contributed by atoms with van der Waals surface area (Å²) in [6.07, 6.45) is 0. The number of nitrogens with two attached hydrogens (primary N) is 1. The number of hydrogen-bond donors (Lipinski definition) is 1. The number of benzene rings is 1. The number of halogens is 1. The normalized spacial score (nSPS) is 10.2. The van der Waals surface area contributed by atoms with Crippen molar-refractivity contribution in [3.8, 4) is 16.5 Å². The standard InChI is InChI=1S/C12H8FN3O2S/c1-6-11(15)10(5-14)19-12(6)7-2-8(13)4-9(3-7)16(17)18/h2-4H,15H2,1H3. The molecule has 0 aliphatic heterocycles. The van der Waals surface area contributed by atoms with Crippen LogP contribution in [0.1, 0.15) is 10.4 Å². The Morgan fingerprint density at radius 3 is 2.68 bits per heavy atom. The van der Waals surface area contributed by atoms with E-state index in [-0.39, 0.29) is 5.69 Å². The van der Waals surface area contributed by atoms with Crippen molar-refractivity contribution in [2.45, 2.75) is 6.92 Å². The van der Waals surface area contributed by atoms with Gasteiger partial charge in [-0.15, -0.1) is 11.3 Å².